The SMILES string of the molecule is Cc1ccc(S(C)(=O)=O)cc1C(=O)NC(C)(C)C(=O)O. The molecule has 7 heteroatoms. The van der Waals surface area contributed by atoms with Crippen molar-refractivity contribution in [1.29, 1.82) is 0 Å². The lowest BCUT2D eigenvalue weighted by atomic mass is 10.0. The second-order valence-corrected chi connectivity index (χ2v) is 7.15. The molecule has 0 aliphatic rings. The van der Waals surface area contributed by atoms with Crippen molar-refractivity contribution in [2.75, 3.05) is 6.26 Å². The largest absolute Gasteiger partial charge is 0.480 e. The third kappa shape index (κ3) is 3.57. The van der Waals surface area contributed by atoms with Crippen LogP contribution in [0.1, 0.15) is 29.8 Å². The fourth-order valence-electron chi connectivity index (χ4n) is 1.48. The van der Waals surface area contributed by atoms with Crippen molar-refractivity contribution in [3.63, 3.8) is 0 Å². The summed E-state index contributed by atoms with van der Waals surface area (Å²) in [5.41, 5.74) is -0.733. The van der Waals surface area contributed by atoms with Gasteiger partial charge in [0, 0.05) is 11.8 Å². The Morgan fingerprint density at radius 3 is 2.25 bits per heavy atom. The van der Waals surface area contributed by atoms with E-state index in [9.17, 15) is 18.0 Å². The molecule has 0 spiro atoms. The van der Waals surface area contributed by atoms with Crippen molar-refractivity contribution in [3.05, 3.63) is 29.3 Å². The monoisotopic (exact) mass is 299 g/mol. The van der Waals surface area contributed by atoms with E-state index in [2.05, 4.69) is 5.32 Å². The number of carboxylic acid groups (broad SMARTS) is 1. The van der Waals surface area contributed by atoms with Crippen LogP contribution < -0.4 is 5.32 Å². The fraction of sp³-hybridized carbons (Fsp3) is 0.385. The van der Waals surface area contributed by atoms with Crippen molar-refractivity contribution < 1.29 is 23.1 Å². The Kier molecular flexibility index (Phi) is 4.24. The van der Waals surface area contributed by atoms with Crippen LogP contribution in [0.25, 0.3) is 0 Å². The zero-order valence-corrected chi connectivity index (χ0v) is 12.5. The molecule has 0 heterocycles. The Balaban J connectivity index is 3.20. The first-order chi connectivity index (χ1) is 8.95. The number of nitrogens with one attached hydrogen (secondary N) is 1. The van der Waals surface area contributed by atoms with Crippen LogP contribution in [0.4, 0.5) is 0 Å². The minimum absolute atomic E-state index is 0.0152. The van der Waals surface area contributed by atoms with Crippen LogP contribution in [0.15, 0.2) is 23.1 Å². The average molecular weight is 299 g/mol. The van der Waals surface area contributed by atoms with Crippen LogP contribution in [-0.4, -0.2) is 37.2 Å². The maximum Gasteiger partial charge on any atom is 0.328 e. The van der Waals surface area contributed by atoms with Crippen molar-refractivity contribution in [3.8, 4) is 0 Å². The summed E-state index contributed by atoms with van der Waals surface area (Å²) in [7, 11) is -3.43. The van der Waals surface area contributed by atoms with E-state index in [0.717, 1.165) is 6.26 Å². The van der Waals surface area contributed by atoms with Crippen LogP contribution in [0.5, 0.6) is 0 Å². The molecule has 0 unspecified atom stereocenters. The molecule has 0 saturated heterocycles. The Labute approximate surface area is 117 Å². The van der Waals surface area contributed by atoms with Crippen LogP contribution in [0, 0.1) is 6.92 Å². The predicted molar refractivity (Wildman–Crippen MR) is 73.5 cm³/mol. The van der Waals surface area contributed by atoms with Gasteiger partial charge in [0.1, 0.15) is 5.54 Å². The highest BCUT2D eigenvalue weighted by molar-refractivity contribution is 7.90. The van der Waals surface area contributed by atoms with Gasteiger partial charge < -0.3 is 10.4 Å². The second-order valence-electron chi connectivity index (χ2n) is 5.13. The van der Waals surface area contributed by atoms with Crippen molar-refractivity contribution in [1.82, 2.24) is 5.32 Å². The molecule has 110 valence electrons. The van der Waals surface area contributed by atoms with Gasteiger partial charge in [0.05, 0.1) is 4.90 Å². The van der Waals surface area contributed by atoms with E-state index in [1.807, 2.05) is 0 Å². The molecule has 1 aromatic rings. The summed E-state index contributed by atoms with van der Waals surface area (Å²) in [6.07, 6.45) is 1.04. The molecule has 1 rings (SSSR count). The van der Waals surface area contributed by atoms with Gasteiger partial charge in [-0.1, -0.05) is 6.07 Å². The maximum atomic E-state index is 12.1. The number of rotatable bonds is 4. The minimum atomic E-state index is -3.43. The lowest BCUT2D eigenvalue weighted by Crippen LogP contribution is -2.49. The third-order valence-corrected chi connectivity index (χ3v) is 3.95. The van der Waals surface area contributed by atoms with Crippen LogP contribution in [0.3, 0.4) is 0 Å². The third-order valence-electron chi connectivity index (χ3n) is 2.84. The van der Waals surface area contributed by atoms with Gasteiger partial charge in [-0.2, -0.15) is 0 Å². The summed E-state index contributed by atoms with van der Waals surface area (Å²) in [6.45, 7) is 4.35. The summed E-state index contributed by atoms with van der Waals surface area (Å²) < 4.78 is 23.0. The number of sulfone groups is 1. The first kappa shape index (κ1) is 16.2. The van der Waals surface area contributed by atoms with E-state index in [4.69, 9.17) is 5.11 Å². The Bertz CT molecular complexity index is 661. The first-order valence-electron chi connectivity index (χ1n) is 5.82. The number of hydrogen-bond acceptors (Lipinski definition) is 4. The highest BCUT2D eigenvalue weighted by atomic mass is 32.2. The summed E-state index contributed by atoms with van der Waals surface area (Å²) in [5, 5.41) is 11.3. The van der Waals surface area contributed by atoms with Gasteiger partial charge in [-0.05, 0) is 38.5 Å². The molecule has 0 aliphatic carbocycles. The lowest BCUT2D eigenvalue weighted by molar-refractivity contribution is -0.143. The van der Waals surface area contributed by atoms with Gasteiger partial charge in [-0.3, -0.25) is 4.79 Å². The molecule has 0 saturated carbocycles. The van der Waals surface area contributed by atoms with E-state index in [0.29, 0.717) is 5.56 Å². The Morgan fingerprint density at radius 2 is 1.80 bits per heavy atom. The molecular weight excluding hydrogens is 282 g/mol. The highest BCUT2D eigenvalue weighted by Gasteiger charge is 2.30. The van der Waals surface area contributed by atoms with Crippen molar-refractivity contribution in [2.45, 2.75) is 31.2 Å². The van der Waals surface area contributed by atoms with E-state index >= 15 is 0 Å². The Hall–Kier alpha value is -1.89. The standard InChI is InChI=1S/C13H17NO5S/c1-8-5-6-9(20(4,18)19)7-10(8)11(15)14-13(2,3)12(16)17/h5-7H,1-4H3,(H,14,15)(H,16,17). The van der Waals surface area contributed by atoms with Gasteiger partial charge in [-0.25, -0.2) is 13.2 Å². The number of carboxylic acids is 1. The topological polar surface area (TPSA) is 101 Å². The molecule has 0 atom stereocenters. The van der Waals surface area contributed by atoms with Crippen molar-refractivity contribution >= 4 is 21.7 Å². The maximum absolute atomic E-state index is 12.1. The normalized spacial score (nSPS) is 12.0. The van der Waals surface area contributed by atoms with E-state index in [1.165, 1.54) is 32.0 Å². The van der Waals surface area contributed by atoms with E-state index < -0.39 is 27.3 Å². The number of hydrogen-bond donors (Lipinski definition) is 2. The summed E-state index contributed by atoms with van der Waals surface area (Å²) >= 11 is 0. The molecule has 0 bridgehead atoms. The fourth-order valence-corrected chi connectivity index (χ4v) is 2.13. The molecular formula is C13H17NO5S. The predicted octanol–water partition coefficient (Wildman–Crippen LogP) is 0.992. The molecule has 1 amide bonds. The van der Waals surface area contributed by atoms with Crippen LogP contribution >= 0.6 is 0 Å². The molecule has 2 N–H and O–H groups in total. The zero-order valence-electron chi connectivity index (χ0n) is 11.7. The van der Waals surface area contributed by atoms with Gasteiger partial charge in [0.25, 0.3) is 5.91 Å². The summed E-state index contributed by atoms with van der Waals surface area (Å²) in [6, 6.07) is 4.17. The quantitative estimate of drug-likeness (QED) is 0.863. The van der Waals surface area contributed by atoms with Gasteiger partial charge in [0.2, 0.25) is 0 Å². The molecule has 0 radical (unpaired) electrons. The average Bonchev–Trinajstić information content (AvgIpc) is 2.26. The minimum Gasteiger partial charge on any atom is -0.480 e. The van der Waals surface area contributed by atoms with Gasteiger partial charge >= 0.3 is 5.97 Å². The van der Waals surface area contributed by atoms with E-state index in [-0.39, 0.29) is 10.5 Å². The second kappa shape index (κ2) is 5.24. The smallest absolute Gasteiger partial charge is 0.328 e. The molecule has 0 fully saturated rings. The number of aliphatic carboxylic acids is 1. The Morgan fingerprint density at radius 1 is 1.25 bits per heavy atom. The lowest BCUT2D eigenvalue weighted by Gasteiger charge is -2.21. The zero-order chi connectivity index (χ0) is 15.7. The first-order valence-corrected chi connectivity index (χ1v) is 7.71. The van der Waals surface area contributed by atoms with Gasteiger partial charge in [-0.15, -0.1) is 0 Å². The van der Waals surface area contributed by atoms with Crippen LogP contribution in [-0.2, 0) is 14.6 Å². The molecule has 0 aromatic heterocycles. The molecule has 0 aliphatic heterocycles. The number of benzene rings is 1. The molecule has 20 heavy (non-hydrogen) atoms. The molecule has 6 nitrogen and oxygen atoms in total. The summed E-state index contributed by atoms with van der Waals surface area (Å²) in [4.78, 5) is 23.1. The van der Waals surface area contributed by atoms with Crippen molar-refractivity contribution in [2.24, 2.45) is 0 Å². The van der Waals surface area contributed by atoms with E-state index in [1.54, 1.807) is 6.92 Å². The summed E-state index contributed by atoms with van der Waals surface area (Å²) in [5.74, 6) is -1.80. The highest BCUT2D eigenvalue weighted by Crippen LogP contribution is 2.16. The van der Waals surface area contributed by atoms with Gasteiger partial charge in [0.15, 0.2) is 9.84 Å². The number of carbonyl (C=O) groups is 2. The molecule has 1 aromatic carbocycles. The number of carbonyl (C=O) groups excluding carboxylic acids is 1. The van der Waals surface area contributed by atoms with Crippen LogP contribution in [0.2, 0.25) is 0 Å². The number of amides is 1. The number of aryl methyl sites for hydroxylation is 1.